The van der Waals surface area contributed by atoms with E-state index in [9.17, 15) is 4.39 Å². The van der Waals surface area contributed by atoms with Crippen molar-refractivity contribution < 1.29 is 4.39 Å². The molecule has 1 aromatic rings. The molecular formula is C15H23FN2S. The van der Waals surface area contributed by atoms with Crippen LogP contribution in [0.3, 0.4) is 0 Å². The van der Waals surface area contributed by atoms with Crippen LogP contribution in [-0.4, -0.2) is 34.5 Å². The summed E-state index contributed by atoms with van der Waals surface area (Å²) in [6, 6.07) is 6.92. The van der Waals surface area contributed by atoms with E-state index in [1.807, 2.05) is 24.8 Å². The highest BCUT2D eigenvalue weighted by Gasteiger charge is 2.33. The van der Waals surface area contributed by atoms with Gasteiger partial charge in [-0.3, -0.25) is 4.90 Å². The second kappa shape index (κ2) is 5.81. The van der Waals surface area contributed by atoms with Crippen molar-refractivity contribution in [1.29, 1.82) is 0 Å². The van der Waals surface area contributed by atoms with Crippen LogP contribution in [0, 0.1) is 5.82 Å². The van der Waals surface area contributed by atoms with Crippen LogP contribution in [0.5, 0.6) is 0 Å². The number of nitrogens with two attached hydrogens (primary N) is 1. The van der Waals surface area contributed by atoms with Gasteiger partial charge in [0.2, 0.25) is 0 Å². The summed E-state index contributed by atoms with van der Waals surface area (Å²) < 4.78 is 13.7. The molecule has 2 N–H and O–H groups in total. The van der Waals surface area contributed by atoms with Crippen molar-refractivity contribution in [1.82, 2.24) is 4.90 Å². The highest BCUT2D eigenvalue weighted by atomic mass is 32.2. The molecule has 2 atom stereocenters. The molecule has 1 aliphatic rings. The molecule has 1 heterocycles. The summed E-state index contributed by atoms with van der Waals surface area (Å²) in [6.45, 7) is 8.52. The zero-order chi connectivity index (χ0) is 14.0. The summed E-state index contributed by atoms with van der Waals surface area (Å²) in [5, 5.41) is 0. The second-order valence-electron chi connectivity index (χ2n) is 5.94. The number of halogens is 1. The van der Waals surface area contributed by atoms with E-state index in [0.29, 0.717) is 0 Å². The third-order valence-corrected chi connectivity index (χ3v) is 4.83. The second-order valence-corrected chi connectivity index (χ2v) is 7.74. The summed E-state index contributed by atoms with van der Waals surface area (Å²) in [6.07, 6.45) is 0. The Morgan fingerprint density at radius 2 is 2.16 bits per heavy atom. The Hall–Kier alpha value is -0.580. The predicted molar refractivity (Wildman–Crippen MR) is 80.9 cm³/mol. The molecule has 1 aromatic carbocycles. The highest BCUT2D eigenvalue weighted by Crippen LogP contribution is 2.35. The Bertz CT molecular complexity index is 434. The van der Waals surface area contributed by atoms with Crippen molar-refractivity contribution >= 4 is 11.8 Å². The van der Waals surface area contributed by atoms with Crippen LogP contribution < -0.4 is 5.73 Å². The SMILES string of the molecule is CC(N)C(c1cccc(F)c1)N1CCSC(C)(C)C1. The number of hydrogen-bond donors (Lipinski definition) is 1. The Morgan fingerprint density at radius 1 is 1.42 bits per heavy atom. The molecular weight excluding hydrogens is 259 g/mol. The van der Waals surface area contributed by atoms with E-state index in [-0.39, 0.29) is 22.6 Å². The fourth-order valence-corrected chi connectivity index (χ4v) is 3.96. The van der Waals surface area contributed by atoms with Crippen molar-refractivity contribution in [3.8, 4) is 0 Å². The first-order chi connectivity index (χ1) is 8.89. The molecule has 0 bridgehead atoms. The molecule has 0 aliphatic carbocycles. The van der Waals surface area contributed by atoms with Crippen LogP contribution in [0.25, 0.3) is 0 Å². The van der Waals surface area contributed by atoms with E-state index in [0.717, 1.165) is 24.4 Å². The maximum Gasteiger partial charge on any atom is 0.123 e. The standard InChI is InChI=1S/C15H23FN2S/c1-11(17)14(12-5-4-6-13(16)9-12)18-7-8-19-15(2,3)10-18/h4-6,9,11,14H,7-8,10,17H2,1-3H3. The maximum atomic E-state index is 13.4. The van der Waals surface area contributed by atoms with Gasteiger partial charge in [0.25, 0.3) is 0 Å². The number of hydrogen-bond acceptors (Lipinski definition) is 3. The predicted octanol–water partition coefficient (Wildman–Crippen LogP) is 3.04. The fraction of sp³-hybridized carbons (Fsp3) is 0.600. The van der Waals surface area contributed by atoms with Crippen molar-refractivity contribution in [2.45, 2.75) is 37.6 Å². The van der Waals surface area contributed by atoms with Crippen molar-refractivity contribution in [2.75, 3.05) is 18.8 Å². The van der Waals surface area contributed by atoms with Gasteiger partial charge in [-0.1, -0.05) is 12.1 Å². The molecule has 0 spiro atoms. The highest BCUT2D eigenvalue weighted by molar-refractivity contribution is 8.00. The van der Waals surface area contributed by atoms with E-state index in [4.69, 9.17) is 5.73 Å². The Balaban J connectivity index is 2.25. The van der Waals surface area contributed by atoms with Crippen LogP contribution in [-0.2, 0) is 0 Å². The minimum Gasteiger partial charge on any atom is -0.326 e. The summed E-state index contributed by atoms with van der Waals surface area (Å²) >= 11 is 2.00. The van der Waals surface area contributed by atoms with Gasteiger partial charge in [0.15, 0.2) is 0 Å². The van der Waals surface area contributed by atoms with Crippen LogP contribution in [0.4, 0.5) is 4.39 Å². The van der Waals surface area contributed by atoms with E-state index >= 15 is 0 Å². The molecule has 0 saturated carbocycles. The minimum atomic E-state index is -0.186. The largest absolute Gasteiger partial charge is 0.326 e. The van der Waals surface area contributed by atoms with Gasteiger partial charge >= 0.3 is 0 Å². The zero-order valence-electron chi connectivity index (χ0n) is 11.9. The normalized spacial score (nSPS) is 23.0. The monoisotopic (exact) mass is 282 g/mol. The Labute approximate surface area is 119 Å². The lowest BCUT2D eigenvalue weighted by atomic mass is 9.97. The molecule has 2 unspecified atom stereocenters. The summed E-state index contributed by atoms with van der Waals surface area (Å²) in [7, 11) is 0. The summed E-state index contributed by atoms with van der Waals surface area (Å²) in [5.41, 5.74) is 7.15. The Morgan fingerprint density at radius 3 is 2.74 bits per heavy atom. The van der Waals surface area contributed by atoms with Crippen molar-refractivity contribution in [3.05, 3.63) is 35.6 Å². The molecule has 2 nitrogen and oxygen atoms in total. The first-order valence-electron chi connectivity index (χ1n) is 6.78. The smallest absolute Gasteiger partial charge is 0.123 e. The molecule has 2 rings (SSSR count). The third kappa shape index (κ3) is 3.71. The van der Waals surface area contributed by atoms with Crippen LogP contribution in [0.15, 0.2) is 24.3 Å². The maximum absolute atomic E-state index is 13.4. The summed E-state index contributed by atoms with van der Waals surface area (Å²) in [5.74, 6) is 0.916. The van der Waals surface area contributed by atoms with E-state index in [1.165, 1.54) is 6.07 Å². The van der Waals surface area contributed by atoms with Crippen LogP contribution in [0.2, 0.25) is 0 Å². The van der Waals surface area contributed by atoms with Gasteiger partial charge in [-0.2, -0.15) is 11.8 Å². The van der Waals surface area contributed by atoms with Crippen molar-refractivity contribution in [3.63, 3.8) is 0 Å². The number of rotatable bonds is 3. The molecule has 1 saturated heterocycles. The lowest BCUT2D eigenvalue weighted by molar-refractivity contribution is 0.168. The molecule has 106 valence electrons. The number of nitrogens with zero attached hydrogens (tertiary/aromatic N) is 1. The quantitative estimate of drug-likeness (QED) is 0.924. The van der Waals surface area contributed by atoms with Gasteiger partial charge in [0.05, 0.1) is 0 Å². The molecule has 0 radical (unpaired) electrons. The van der Waals surface area contributed by atoms with Gasteiger partial charge in [-0.05, 0) is 38.5 Å². The van der Waals surface area contributed by atoms with Gasteiger partial charge in [0.1, 0.15) is 5.82 Å². The molecule has 4 heteroatoms. The van der Waals surface area contributed by atoms with Crippen LogP contribution in [0.1, 0.15) is 32.4 Å². The minimum absolute atomic E-state index is 0.0132. The van der Waals surface area contributed by atoms with E-state index in [2.05, 4.69) is 18.7 Å². The van der Waals surface area contributed by atoms with Gasteiger partial charge < -0.3 is 5.73 Å². The van der Waals surface area contributed by atoms with Gasteiger partial charge in [0, 0.05) is 35.7 Å². The molecule has 1 aliphatic heterocycles. The third-order valence-electron chi connectivity index (χ3n) is 3.54. The number of thioether (sulfide) groups is 1. The average molecular weight is 282 g/mol. The first kappa shape index (κ1) is 14.8. The lowest BCUT2D eigenvalue weighted by Crippen LogP contribution is -2.49. The molecule has 19 heavy (non-hydrogen) atoms. The van der Waals surface area contributed by atoms with Crippen LogP contribution >= 0.6 is 11.8 Å². The molecule has 0 aromatic heterocycles. The van der Waals surface area contributed by atoms with E-state index < -0.39 is 0 Å². The fourth-order valence-electron chi connectivity index (χ4n) is 2.83. The van der Waals surface area contributed by atoms with Crippen molar-refractivity contribution in [2.24, 2.45) is 5.73 Å². The van der Waals surface area contributed by atoms with E-state index in [1.54, 1.807) is 12.1 Å². The molecule has 1 fully saturated rings. The summed E-state index contributed by atoms with van der Waals surface area (Å²) in [4.78, 5) is 2.40. The first-order valence-corrected chi connectivity index (χ1v) is 7.77. The lowest BCUT2D eigenvalue weighted by Gasteiger charge is -2.43. The van der Waals surface area contributed by atoms with Gasteiger partial charge in [-0.15, -0.1) is 0 Å². The average Bonchev–Trinajstić information content (AvgIpc) is 2.27. The number of benzene rings is 1. The zero-order valence-corrected chi connectivity index (χ0v) is 12.7. The molecule has 0 amide bonds. The van der Waals surface area contributed by atoms with Gasteiger partial charge in [-0.25, -0.2) is 4.39 Å². The topological polar surface area (TPSA) is 29.3 Å². The Kier molecular flexibility index (Phi) is 4.54.